The molecule has 4 heteroatoms. The number of rotatable bonds is 0. The van der Waals surface area contributed by atoms with Crippen LogP contribution < -0.4 is 5.73 Å². The molecular weight excluding hydrogens is 235 g/mol. The number of halogens is 1. The molecule has 0 unspecified atom stereocenters. The van der Waals surface area contributed by atoms with Crippen LogP contribution in [0.3, 0.4) is 0 Å². The standard InChI is InChI=1S/C11H7FN2S.C2H6/c12-7-2-3-8-6(5-7)1-4-9-10(8)15-11(13)14-9;1-2/h1-5H,(H2,13,14);1-2H3. The Bertz CT molecular complexity index is 661. The van der Waals surface area contributed by atoms with Gasteiger partial charge in [-0.3, -0.25) is 0 Å². The first-order chi connectivity index (χ1) is 8.24. The maximum atomic E-state index is 13.0. The second-order valence-corrected chi connectivity index (χ2v) is 4.36. The number of nitrogens with two attached hydrogens (primary N) is 1. The molecule has 0 aliphatic rings. The Morgan fingerprint density at radius 2 is 1.94 bits per heavy atom. The lowest BCUT2D eigenvalue weighted by Gasteiger charge is -1.97. The summed E-state index contributed by atoms with van der Waals surface area (Å²) < 4.78 is 14.0. The summed E-state index contributed by atoms with van der Waals surface area (Å²) in [6.07, 6.45) is 0. The molecule has 2 aromatic carbocycles. The van der Waals surface area contributed by atoms with Gasteiger partial charge in [-0.1, -0.05) is 31.3 Å². The number of aromatic nitrogens is 1. The summed E-state index contributed by atoms with van der Waals surface area (Å²) in [4.78, 5) is 4.19. The first kappa shape index (κ1) is 11.8. The second-order valence-electron chi connectivity index (χ2n) is 3.33. The zero-order chi connectivity index (χ0) is 12.4. The summed E-state index contributed by atoms with van der Waals surface area (Å²) in [6.45, 7) is 4.00. The molecule has 0 aliphatic carbocycles. The highest BCUT2D eigenvalue weighted by Crippen LogP contribution is 2.31. The summed E-state index contributed by atoms with van der Waals surface area (Å²) in [7, 11) is 0. The molecule has 88 valence electrons. The third-order valence-corrected chi connectivity index (χ3v) is 3.28. The molecule has 17 heavy (non-hydrogen) atoms. The van der Waals surface area contributed by atoms with Gasteiger partial charge in [0.25, 0.3) is 0 Å². The van der Waals surface area contributed by atoms with E-state index in [2.05, 4.69) is 4.98 Å². The summed E-state index contributed by atoms with van der Waals surface area (Å²) >= 11 is 1.43. The number of hydrogen-bond donors (Lipinski definition) is 1. The van der Waals surface area contributed by atoms with Gasteiger partial charge < -0.3 is 5.73 Å². The average molecular weight is 248 g/mol. The van der Waals surface area contributed by atoms with Gasteiger partial charge in [0.1, 0.15) is 5.82 Å². The third-order valence-electron chi connectivity index (χ3n) is 2.35. The molecular formula is C13H13FN2S. The number of nitrogen functional groups attached to an aromatic ring is 1. The van der Waals surface area contributed by atoms with Gasteiger partial charge in [0.15, 0.2) is 5.13 Å². The van der Waals surface area contributed by atoms with Crippen LogP contribution >= 0.6 is 11.3 Å². The van der Waals surface area contributed by atoms with E-state index in [1.165, 1.54) is 23.5 Å². The topological polar surface area (TPSA) is 38.9 Å². The van der Waals surface area contributed by atoms with Gasteiger partial charge in [0.2, 0.25) is 0 Å². The van der Waals surface area contributed by atoms with Crippen LogP contribution in [0.1, 0.15) is 13.8 Å². The number of nitrogens with zero attached hydrogens (tertiary/aromatic N) is 1. The molecule has 0 saturated carbocycles. The lowest BCUT2D eigenvalue weighted by atomic mass is 10.1. The van der Waals surface area contributed by atoms with Gasteiger partial charge in [0, 0.05) is 5.39 Å². The maximum Gasteiger partial charge on any atom is 0.181 e. The van der Waals surface area contributed by atoms with E-state index in [-0.39, 0.29) is 5.82 Å². The number of anilines is 1. The van der Waals surface area contributed by atoms with Crippen LogP contribution in [0.5, 0.6) is 0 Å². The Balaban J connectivity index is 0.000000514. The zero-order valence-electron chi connectivity index (χ0n) is 9.70. The van der Waals surface area contributed by atoms with Crippen molar-refractivity contribution in [2.24, 2.45) is 0 Å². The SMILES string of the molecule is CC.Nc1nc2ccc3cc(F)ccc3c2s1. The van der Waals surface area contributed by atoms with Crippen molar-refractivity contribution >= 4 is 37.5 Å². The fourth-order valence-electron chi connectivity index (χ4n) is 1.70. The summed E-state index contributed by atoms with van der Waals surface area (Å²) in [5.74, 6) is -0.223. The average Bonchev–Trinajstić information content (AvgIpc) is 2.72. The van der Waals surface area contributed by atoms with Crippen LogP contribution in [0.2, 0.25) is 0 Å². The van der Waals surface area contributed by atoms with Crippen molar-refractivity contribution < 1.29 is 4.39 Å². The molecule has 0 amide bonds. The summed E-state index contributed by atoms with van der Waals surface area (Å²) in [5.41, 5.74) is 6.52. The molecule has 0 bridgehead atoms. The minimum absolute atomic E-state index is 0.223. The van der Waals surface area contributed by atoms with E-state index in [9.17, 15) is 4.39 Å². The van der Waals surface area contributed by atoms with Crippen LogP contribution in [0.15, 0.2) is 30.3 Å². The van der Waals surface area contributed by atoms with Gasteiger partial charge >= 0.3 is 0 Å². The van der Waals surface area contributed by atoms with Gasteiger partial charge in [-0.15, -0.1) is 0 Å². The Labute approximate surface area is 103 Å². The molecule has 0 aliphatic heterocycles. The van der Waals surface area contributed by atoms with Crippen molar-refractivity contribution in [2.75, 3.05) is 5.73 Å². The second kappa shape index (κ2) is 4.67. The Morgan fingerprint density at radius 1 is 1.18 bits per heavy atom. The van der Waals surface area contributed by atoms with Gasteiger partial charge in [-0.2, -0.15) is 0 Å². The molecule has 3 rings (SSSR count). The van der Waals surface area contributed by atoms with Crippen LogP contribution in [0.4, 0.5) is 9.52 Å². The molecule has 0 spiro atoms. The van der Waals surface area contributed by atoms with E-state index < -0.39 is 0 Å². The predicted molar refractivity (Wildman–Crippen MR) is 72.8 cm³/mol. The molecule has 2 N–H and O–H groups in total. The molecule has 0 radical (unpaired) electrons. The summed E-state index contributed by atoms with van der Waals surface area (Å²) in [6, 6.07) is 8.47. The maximum absolute atomic E-state index is 13.0. The van der Waals surface area contributed by atoms with Crippen molar-refractivity contribution in [1.29, 1.82) is 0 Å². The minimum Gasteiger partial charge on any atom is -0.375 e. The molecule has 2 nitrogen and oxygen atoms in total. The first-order valence-electron chi connectivity index (χ1n) is 5.48. The van der Waals surface area contributed by atoms with Crippen molar-refractivity contribution in [1.82, 2.24) is 4.98 Å². The lowest BCUT2D eigenvalue weighted by molar-refractivity contribution is 0.630. The Morgan fingerprint density at radius 3 is 2.71 bits per heavy atom. The van der Waals surface area contributed by atoms with E-state index in [0.29, 0.717) is 5.13 Å². The third kappa shape index (κ3) is 2.08. The number of benzene rings is 2. The molecule has 1 heterocycles. The van der Waals surface area contributed by atoms with Crippen molar-refractivity contribution in [3.63, 3.8) is 0 Å². The Hall–Kier alpha value is -1.68. The fourth-order valence-corrected chi connectivity index (χ4v) is 2.57. The van der Waals surface area contributed by atoms with E-state index in [0.717, 1.165) is 21.0 Å². The number of thiazole rings is 1. The van der Waals surface area contributed by atoms with E-state index in [4.69, 9.17) is 5.73 Å². The van der Waals surface area contributed by atoms with Crippen LogP contribution in [-0.4, -0.2) is 4.98 Å². The lowest BCUT2D eigenvalue weighted by Crippen LogP contribution is -1.79. The van der Waals surface area contributed by atoms with Crippen LogP contribution in [0, 0.1) is 5.82 Å². The Kier molecular flexibility index (Phi) is 3.24. The quantitative estimate of drug-likeness (QED) is 0.647. The minimum atomic E-state index is -0.223. The highest BCUT2D eigenvalue weighted by molar-refractivity contribution is 7.23. The van der Waals surface area contributed by atoms with Crippen molar-refractivity contribution in [3.8, 4) is 0 Å². The first-order valence-corrected chi connectivity index (χ1v) is 6.30. The van der Waals surface area contributed by atoms with Crippen molar-refractivity contribution in [2.45, 2.75) is 13.8 Å². The number of hydrogen-bond acceptors (Lipinski definition) is 3. The van der Waals surface area contributed by atoms with Gasteiger partial charge in [-0.25, -0.2) is 9.37 Å². The van der Waals surface area contributed by atoms with Crippen molar-refractivity contribution in [3.05, 3.63) is 36.1 Å². The van der Waals surface area contributed by atoms with E-state index in [1.54, 1.807) is 6.07 Å². The monoisotopic (exact) mass is 248 g/mol. The smallest absolute Gasteiger partial charge is 0.181 e. The molecule has 3 aromatic rings. The van der Waals surface area contributed by atoms with E-state index in [1.807, 2.05) is 26.0 Å². The molecule has 0 saturated heterocycles. The fraction of sp³-hybridized carbons (Fsp3) is 0.154. The zero-order valence-corrected chi connectivity index (χ0v) is 10.5. The predicted octanol–water partition coefficient (Wildman–Crippen LogP) is 4.20. The number of fused-ring (bicyclic) bond motifs is 3. The van der Waals surface area contributed by atoms with Crippen LogP contribution in [0.25, 0.3) is 21.0 Å². The largest absolute Gasteiger partial charge is 0.375 e. The summed E-state index contributed by atoms with van der Waals surface area (Å²) in [5, 5.41) is 2.43. The highest BCUT2D eigenvalue weighted by atomic mass is 32.1. The molecule has 0 fully saturated rings. The van der Waals surface area contributed by atoms with Crippen LogP contribution in [-0.2, 0) is 0 Å². The normalized spacial score (nSPS) is 10.3. The molecule has 1 aromatic heterocycles. The van der Waals surface area contributed by atoms with E-state index >= 15 is 0 Å². The van der Waals surface area contributed by atoms with Gasteiger partial charge in [-0.05, 0) is 29.7 Å². The van der Waals surface area contributed by atoms with Gasteiger partial charge in [0.05, 0.1) is 10.2 Å². The molecule has 0 atom stereocenters. The highest BCUT2D eigenvalue weighted by Gasteiger charge is 2.05.